The van der Waals surface area contributed by atoms with Gasteiger partial charge in [0.15, 0.2) is 0 Å². The van der Waals surface area contributed by atoms with Crippen LogP contribution in [0.5, 0.6) is 0 Å². The van der Waals surface area contributed by atoms with E-state index in [1.54, 1.807) is 0 Å². The Morgan fingerprint density at radius 3 is 2.55 bits per heavy atom. The van der Waals surface area contributed by atoms with Crippen molar-refractivity contribution in [2.75, 3.05) is 20.1 Å². The van der Waals surface area contributed by atoms with Crippen LogP contribution in [0.1, 0.15) is 12.8 Å². The van der Waals surface area contributed by atoms with E-state index in [4.69, 9.17) is 0 Å². The molecule has 4 nitrogen and oxygen atoms in total. The lowest BCUT2D eigenvalue weighted by Crippen LogP contribution is -2.44. The van der Waals surface area contributed by atoms with E-state index in [0.717, 1.165) is 32.0 Å². The first kappa shape index (κ1) is 17.8. The van der Waals surface area contributed by atoms with Crippen molar-refractivity contribution in [1.82, 2.24) is 9.62 Å². The fourth-order valence-corrected chi connectivity index (χ4v) is 4.21. The summed E-state index contributed by atoms with van der Waals surface area (Å²) in [4.78, 5) is -0.275. The summed E-state index contributed by atoms with van der Waals surface area (Å²) in [5.41, 5.74) is 0. The van der Waals surface area contributed by atoms with Gasteiger partial charge in [-0.2, -0.15) is 4.31 Å². The fourth-order valence-electron chi connectivity index (χ4n) is 2.20. The third kappa shape index (κ3) is 3.71. The molecule has 0 amide bonds. The number of halogens is 3. The second-order valence-electron chi connectivity index (χ2n) is 4.58. The summed E-state index contributed by atoms with van der Waals surface area (Å²) in [7, 11) is -2.27. The average molecular weight is 388 g/mol. The summed E-state index contributed by atoms with van der Waals surface area (Å²) in [6.45, 7) is 1.57. The molecule has 1 aliphatic heterocycles. The molecular formula is C12H17BrClFN2O2S. The van der Waals surface area contributed by atoms with Gasteiger partial charge in [-0.05, 0) is 44.1 Å². The molecular weight excluding hydrogens is 371 g/mol. The molecule has 1 heterocycles. The van der Waals surface area contributed by atoms with Gasteiger partial charge in [0.1, 0.15) is 10.7 Å². The maximum atomic E-state index is 13.8. The van der Waals surface area contributed by atoms with Gasteiger partial charge in [0.25, 0.3) is 0 Å². The smallest absolute Gasteiger partial charge is 0.246 e. The van der Waals surface area contributed by atoms with Crippen molar-refractivity contribution in [3.05, 3.63) is 28.5 Å². The van der Waals surface area contributed by atoms with Crippen LogP contribution in [0.25, 0.3) is 0 Å². The van der Waals surface area contributed by atoms with Gasteiger partial charge in [-0.1, -0.05) is 15.9 Å². The second kappa shape index (κ2) is 7.17. The van der Waals surface area contributed by atoms with Gasteiger partial charge < -0.3 is 5.32 Å². The molecule has 0 saturated carbocycles. The third-order valence-electron chi connectivity index (χ3n) is 3.37. The van der Waals surface area contributed by atoms with Crippen LogP contribution in [0.15, 0.2) is 27.6 Å². The van der Waals surface area contributed by atoms with Crippen molar-refractivity contribution in [1.29, 1.82) is 0 Å². The van der Waals surface area contributed by atoms with E-state index < -0.39 is 15.8 Å². The van der Waals surface area contributed by atoms with E-state index in [9.17, 15) is 12.8 Å². The topological polar surface area (TPSA) is 49.4 Å². The van der Waals surface area contributed by atoms with Gasteiger partial charge in [-0.3, -0.25) is 0 Å². The van der Waals surface area contributed by atoms with Crippen LogP contribution < -0.4 is 5.32 Å². The Morgan fingerprint density at radius 2 is 1.95 bits per heavy atom. The zero-order chi connectivity index (χ0) is 14.0. The molecule has 1 fully saturated rings. The number of piperidine rings is 1. The van der Waals surface area contributed by atoms with E-state index in [0.29, 0.717) is 4.47 Å². The third-order valence-corrected chi connectivity index (χ3v) is 5.79. The minimum atomic E-state index is -3.79. The van der Waals surface area contributed by atoms with Crippen LogP contribution in [0.2, 0.25) is 0 Å². The summed E-state index contributed by atoms with van der Waals surface area (Å²) >= 11 is 3.17. The van der Waals surface area contributed by atoms with Crippen LogP contribution in [0.4, 0.5) is 4.39 Å². The van der Waals surface area contributed by atoms with Crippen molar-refractivity contribution in [2.45, 2.75) is 23.8 Å². The molecule has 1 aromatic rings. The van der Waals surface area contributed by atoms with E-state index in [2.05, 4.69) is 21.2 Å². The minimum absolute atomic E-state index is 0. The normalized spacial score (nSPS) is 17.0. The molecule has 0 aliphatic carbocycles. The standard InChI is InChI=1S/C12H16BrFN2O2S.ClH/c1-16(10-4-6-15-7-5-10)19(17,18)12-8-9(13)2-3-11(12)14;/h2-3,8,10,15H,4-7H2,1H3;1H. The SMILES string of the molecule is CN(C1CCNCC1)S(=O)(=O)c1cc(Br)ccc1F.Cl. The quantitative estimate of drug-likeness (QED) is 0.866. The lowest BCUT2D eigenvalue weighted by molar-refractivity contribution is 0.295. The molecule has 0 atom stereocenters. The minimum Gasteiger partial charge on any atom is -0.317 e. The van der Waals surface area contributed by atoms with Gasteiger partial charge in [0.05, 0.1) is 0 Å². The van der Waals surface area contributed by atoms with Crippen molar-refractivity contribution in [3.63, 3.8) is 0 Å². The van der Waals surface area contributed by atoms with Gasteiger partial charge in [0, 0.05) is 17.6 Å². The molecule has 0 bridgehead atoms. The summed E-state index contributed by atoms with van der Waals surface area (Å²) < 4.78 is 40.5. The first-order valence-electron chi connectivity index (χ1n) is 6.07. The number of rotatable bonds is 3. The van der Waals surface area contributed by atoms with E-state index in [1.165, 1.54) is 23.5 Å². The number of hydrogen-bond donors (Lipinski definition) is 1. The van der Waals surface area contributed by atoms with Gasteiger partial charge in [-0.25, -0.2) is 12.8 Å². The Hall–Kier alpha value is -0.210. The predicted molar refractivity (Wildman–Crippen MR) is 82.2 cm³/mol. The number of sulfonamides is 1. The highest BCUT2D eigenvalue weighted by Crippen LogP contribution is 2.25. The molecule has 20 heavy (non-hydrogen) atoms. The second-order valence-corrected chi connectivity index (χ2v) is 7.46. The first-order chi connectivity index (χ1) is 8.93. The van der Waals surface area contributed by atoms with Gasteiger partial charge in [0.2, 0.25) is 10.0 Å². The molecule has 0 aromatic heterocycles. The molecule has 1 aliphatic rings. The lowest BCUT2D eigenvalue weighted by Gasteiger charge is -2.30. The van der Waals surface area contributed by atoms with Crippen LogP contribution in [0.3, 0.4) is 0 Å². The molecule has 1 saturated heterocycles. The number of hydrogen-bond acceptors (Lipinski definition) is 3. The number of nitrogens with zero attached hydrogens (tertiary/aromatic N) is 1. The Balaban J connectivity index is 0.00000200. The first-order valence-corrected chi connectivity index (χ1v) is 8.30. The molecule has 1 N–H and O–H groups in total. The number of nitrogens with one attached hydrogen (secondary N) is 1. The van der Waals surface area contributed by atoms with E-state index in [1.807, 2.05) is 0 Å². The van der Waals surface area contributed by atoms with Crippen LogP contribution in [0, 0.1) is 5.82 Å². The van der Waals surface area contributed by atoms with E-state index in [-0.39, 0.29) is 23.3 Å². The molecule has 114 valence electrons. The monoisotopic (exact) mass is 386 g/mol. The fraction of sp³-hybridized carbons (Fsp3) is 0.500. The highest BCUT2D eigenvalue weighted by atomic mass is 79.9. The highest BCUT2D eigenvalue weighted by Gasteiger charge is 2.31. The summed E-state index contributed by atoms with van der Waals surface area (Å²) in [6, 6.07) is 3.87. The van der Waals surface area contributed by atoms with Crippen LogP contribution >= 0.6 is 28.3 Å². The van der Waals surface area contributed by atoms with Crippen molar-refractivity contribution in [2.24, 2.45) is 0 Å². The van der Waals surface area contributed by atoms with Crippen molar-refractivity contribution >= 4 is 38.4 Å². The summed E-state index contributed by atoms with van der Waals surface area (Å²) in [5.74, 6) is -0.719. The summed E-state index contributed by atoms with van der Waals surface area (Å²) in [5, 5.41) is 3.18. The van der Waals surface area contributed by atoms with Crippen LogP contribution in [-0.2, 0) is 10.0 Å². The molecule has 1 aromatic carbocycles. The highest BCUT2D eigenvalue weighted by molar-refractivity contribution is 9.10. The molecule has 2 rings (SSSR count). The van der Waals surface area contributed by atoms with E-state index >= 15 is 0 Å². The van der Waals surface area contributed by atoms with Crippen molar-refractivity contribution < 1.29 is 12.8 Å². The predicted octanol–water partition coefficient (Wildman–Crippen LogP) is 2.38. The zero-order valence-electron chi connectivity index (χ0n) is 11.0. The Labute approximate surface area is 133 Å². The maximum absolute atomic E-state index is 13.8. The molecule has 8 heteroatoms. The number of benzene rings is 1. The Bertz CT molecular complexity index is 565. The zero-order valence-corrected chi connectivity index (χ0v) is 14.2. The summed E-state index contributed by atoms with van der Waals surface area (Å²) in [6.07, 6.45) is 1.48. The van der Waals surface area contributed by atoms with Gasteiger partial charge in [-0.15, -0.1) is 12.4 Å². The molecule has 0 unspecified atom stereocenters. The Kier molecular flexibility index (Phi) is 6.40. The molecule has 0 radical (unpaired) electrons. The van der Waals surface area contributed by atoms with Crippen molar-refractivity contribution in [3.8, 4) is 0 Å². The average Bonchev–Trinajstić information content (AvgIpc) is 2.41. The Morgan fingerprint density at radius 1 is 1.35 bits per heavy atom. The largest absolute Gasteiger partial charge is 0.317 e. The lowest BCUT2D eigenvalue weighted by atomic mass is 10.1. The van der Waals surface area contributed by atoms with Gasteiger partial charge >= 0.3 is 0 Å². The molecule has 0 spiro atoms. The maximum Gasteiger partial charge on any atom is 0.246 e. The van der Waals surface area contributed by atoms with Crippen LogP contribution in [-0.4, -0.2) is 38.9 Å².